The molecule has 1 amide bonds. The Morgan fingerprint density at radius 1 is 1.22 bits per heavy atom. The number of aromatic nitrogens is 2. The van der Waals surface area contributed by atoms with Crippen LogP contribution in [-0.2, 0) is 28.9 Å². The highest BCUT2D eigenvalue weighted by molar-refractivity contribution is 5.83. The molecule has 0 unspecified atom stereocenters. The SMILES string of the molecule is CC(=O)CCCCn1ccc(NC(=O)OCc2cccc(C(F)(F)F)c2)n1. The lowest BCUT2D eigenvalue weighted by molar-refractivity contribution is -0.137. The normalized spacial score (nSPS) is 11.3. The molecule has 2 rings (SSSR count). The molecule has 0 saturated carbocycles. The number of unbranched alkanes of at least 4 members (excludes halogenated alkanes) is 1. The lowest BCUT2D eigenvalue weighted by Crippen LogP contribution is -2.14. The first-order valence-electron chi connectivity index (χ1n) is 8.37. The van der Waals surface area contributed by atoms with Crippen LogP contribution in [0, 0.1) is 0 Å². The van der Waals surface area contributed by atoms with E-state index in [1.807, 2.05) is 0 Å². The molecule has 0 spiro atoms. The fourth-order valence-corrected chi connectivity index (χ4v) is 2.33. The largest absolute Gasteiger partial charge is 0.444 e. The van der Waals surface area contributed by atoms with Crippen molar-refractivity contribution in [3.05, 3.63) is 47.7 Å². The number of anilines is 1. The Kier molecular flexibility index (Phi) is 6.98. The number of benzene rings is 1. The number of Topliss-reactive ketones (excluding diaryl/α,β-unsaturated/α-hetero) is 1. The Morgan fingerprint density at radius 3 is 2.70 bits per heavy atom. The number of rotatable bonds is 8. The number of hydrogen-bond donors (Lipinski definition) is 1. The average Bonchev–Trinajstić information content (AvgIpc) is 3.03. The monoisotopic (exact) mass is 383 g/mol. The second-order valence-electron chi connectivity index (χ2n) is 6.02. The van der Waals surface area contributed by atoms with E-state index in [0.29, 0.717) is 13.0 Å². The quantitative estimate of drug-likeness (QED) is 0.686. The third kappa shape index (κ3) is 7.12. The van der Waals surface area contributed by atoms with Crippen LogP contribution in [0.15, 0.2) is 36.5 Å². The molecule has 0 atom stereocenters. The summed E-state index contributed by atoms with van der Waals surface area (Å²) in [6.07, 6.45) is -1.52. The second kappa shape index (κ2) is 9.20. The van der Waals surface area contributed by atoms with Gasteiger partial charge in [-0.2, -0.15) is 18.3 Å². The van der Waals surface area contributed by atoms with Crippen molar-refractivity contribution in [2.75, 3.05) is 5.32 Å². The summed E-state index contributed by atoms with van der Waals surface area (Å²) in [4.78, 5) is 22.6. The first-order valence-corrected chi connectivity index (χ1v) is 8.37. The van der Waals surface area contributed by atoms with Crippen LogP contribution in [0.5, 0.6) is 0 Å². The van der Waals surface area contributed by atoms with E-state index in [9.17, 15) is 22.8 Å². The number of hydrogen-bond acceptors (Lipinski definition) is 4. The third-order valence-corrected chi connectivity index (χ3v) is 3.66. The zero-order valence-electron chi connectivity index (χ0n) is 14.8. The van der Waals surface area contributed by atoms with Crippen LogP contribution < -0.4 is 5.32 Å². The second-order valence-corrected chi connectivity index (χ2v) is 6.02. The molecule has 0 aliphatic heterocycles. The van der Waals surface area contributed by atoms with Crippen molar-refractivity contribution in [2.45, 2.75) is 45.5 Å². The van der Waals surface area contributed by atoms with E-state index >= 15 is 0 Å². The summed E-state index contributed by atoms with van der Waals surface area (Å²) in [5, 5.41) is 6.56. The first kappa shape index (κ1) is 20.5. The fraction of sp³-hybridized carbons (Fsp3) is 0.389. The van der Waals surface area contributed by atoms with Gasteiger partial charge in [0.2, 0.25) is 0 Å². The van der Waals surface area contributed by atoms with Crippen molar-refractivity contribution in [2.24, 2.45) is 0 Å². The Labute approximate surface area is 154 Å². The van der Waals surface area contributed by atoms with Crippen molar-refractivity contribution in [3.63, 3.8) is 0 Å². The maximum atomic E-state index is 12.7. The molecule has 0 aliphatic carbocycles. The number of ether oxygens (including phenoxy) is 1. The zero-order chi connectivity index (χ0) is 19.9. The molecule has 2 aromatic rings. The maximum Gasteiger partial charge on any atom is 0.416 e. The van der Waals surface area contributed by atoms with Crippen molar-refractivity contribution in [1.29, 1.82) is 0 Å². The predicted molar refractivity (Wildman–Crippen MR) is 92.0 cm³/mol. The van der Waals surface area contributed by atoms with Crippen molar-refractivity contribution >= 4 is 17.7 Å². The maximum absolute atomic E-state index is 12.7. The number of carbonyl (C=O) groups is 2. The minimum Gasteiger partial charge on any atom is -0.444 e. The van der Waals surface area contributed by atoms with Crippen LogP contribution >= 0.6 is 0 Å². The van der Waals surface area contributed by atoms with Gasteiger partial charge < -0.3 is 9.53 Å². The minimum atomic E-state index is -4.45. The summed E-state index contributed by atoms with van der Waals surface area (Å²) in [5.74, 6) is 0.414. The van der Waals surface area contributed by atoms with Crippen LogP contribution in [0.4, 0.5) is 23.8 Å². The van der Waals surface area contributed by atoms with E-state index in [0.717, 1.165) is 25.0 Å². The van der Waals surface area contributed by atoms with E-state index in [-0.39, 0.29) is 23.8 Å². The lowest BCUT2D eigenvalue weighted by atomic mass is 10.1. The molecule has 0 radical (unpaired) electrons. The number of amides is 1. The van der Waals surface area contributed by atoms with Gasteiger partial charge in [-0.15, -0.1) is 0 Å². The number of aryl methyl sites for hydroxylation is 1. The summed E-state index contributed by atoms with van der Waals surface area (Å²) in [7, 11) is 0. The Hall–Kier alpha value is -2.84. The van der Waals surface area contributed by atoms with Gasteiger partial charge in [-0.3, -0.25) is 10.00 Å². The van der Waals surface area contributed by atoms with Gasteiger partial charge in [-0.1, -0.05) is 12.1 Å². The minimum absolute atomic E-state index is 0.140. The third-order valence-electron chi connectivity index (χ3n) is 3.66. The Bertz CT molecular complexity index is 787. The molecular formula is C18H20F3N3O3. The summed E-state index contributed by atoms with van der Waals surface area (Å²) in [6, 6.07) is 6.16. The molecular weight excluding hydrogens is 363 g/mol. The number of carbonyl (C=O) groups excluding carboxylic acids is 2. The highest BCUT2D eigenvalue weighted by atomic mass is 19.4. The summed E-state index contributed by atoms with van der Waals surface area (Å²) >= 11 is 0. The topological polar surface area (TPSA) is 73.2 Å². The fourth-order valence-electron chi connectivity index (χ4n) is 2.33. The van der Waals surface area contributed by atoms with Gasteiger partial charge in [0.1, 0.15) is 12.4 Å². The van der Waals surface area contributed by atoms with E-state index in [1.165, 1.54) is 12.1 Å². The molecule has 1 N–H and O–H groups in total. The van der Waals surface area contributed by atoms with Gasteiger partial charge in [0.05, 0.1) is 5.56 Å². The Balaban J connectivity index is 1.78. The van der Waals surface area contributed by atoms with Gasteiger partial charge >= 0.3 is 12.3 Å². The van der Waals surface area contributed by atoms with Crippen molar-refractivity contribution in [1.82, 2.24) is 9.78 Å². The molecule has 146 valence electrons. The molecule has 0 aliphatic rings. The number of nitrogens with one attached hydrogen (secondary N) is 1. The number of ketones is 1. The zero-order valence-corrected chi connectivity index (χ0v) is 14.8. The first-order chi connectivity index (χ1) is 12.7. The molecule has 1 aromatic heterocycles. The van der Waals surface area contributed by atoms with Crippen molar-refractivity contribution in [3.8, 4) is 0 Å². The van der Waals surface area contributed by atoms with E-state index in [1.54, 1.807) is 23.9 Å². The highest BCUT2D eigenvalue weighted by Crippen LogP contribution is 2.29. The van der Waals surface area contributed by atoms with E-state index < -0.39 is 17.8 Å². The molecule has 1 heterocycles. The predicted octanol–water partition coefficient (Wildman–Crippen LogP) is 4.41. The van der Waals surface area contributed by atoms with E-state index in [4.69, 9.17) is 4.74 Å². The summed E-state index contributed by atoms with van der Waals surface area (Å²) in [6.45, 7) is 1.86. The van der Waals surface area contributed by atoms with Gasteiger partial charge in [-0.05, 0) is 37.5 Å². The van der Waals surface area contributed by atoms with Crippen LogP contribution in [0.3, 0.4) is 0 Å². The molecule has 6 nitrogen and oxygen atoms in total. The van der Waals surface area contributed by atoms with Crippen LogP contribution in [0.2, 0.25) is 0 Å². The van der Waals surface area contributed by atoms with Gasteiger partial charge in [0, 0.05) is 25.2 Å². The standard InChI is InChI=1S/C18H20F3N3O3/c1-13(25)5-2-3-9-24-10-8-16(23-24)22-17(26)27-12-14-6-4-7-15(11-14)18(19,20)21/h4,6-8,10-11H,2-3,5,9,12H2,1H3,(H,22,23,26). The summed E-state index contributed by atoms with van der Waals surface area (Å²) < 4.78 is 44.5. The highest BCUT2D eigenvalue weighted by Gasteiger charge is 2.30. The summed E-state index contributed by atoms with van der Waals surface area (Å²) in [5.41, 5.74) is -0.566. The average molecular weight is 383 g/mol. The van der Waals surface area contributed by atoms with Crippen LogP contribution in [-0.4, -0.2) is 21.7 Å². The molecule has 27 heavy (non-hydrogen) atoms. The van der Waals surface area contributed by atoms with Gasteiger partial charge in [-0.25, -0.2) is 4.79 Å². The number of halogens is 3. The molecule has 0 fully saturated rings. The van der Waals surface area contributed by atoms with Gasteiger partial charge in [0.25, 0.3) is 0 Å². The number of alkyl halides is 3. The van der Waals surface area contributed by atoms with Gasteiger partial charge in [0.15, 0.2) is 5.82 Å². The van der Waals surface area contributed by atoms with Crippen molar-refractivity contribution < 1.29 is 27.5 Å². The Morgan fingerprint density at radius 2 is 2.00 bits per heavy atom. The smallest absolute Gasteiger partial charge is 0.416 e. The molecule has 0 bridgehead atoms. The molecule has 1 aromatic carbocycles. The molecule has 0 saturated heterocycles. The van der Waals surface area contributed by atoms with E-state index in [2.05, 4.69) is 10.4 Å². The molecule has 9 heteroatoms. The van der Waals surface area contributed by atoms with Crippen LogP contribution in [0.1, 0.15) is 37.3 Å². The lowest BCUT2D eigenvalue weighted by Gasteiger charge is -2.09. The number of nitrogens with zero attached hydrogens (tertiary/aromatic N) is 2. The van der Waals surface area contributed by atoms with Crippen LogP contribution in [0.25, 0.3) is 0 Å².